The van der Waals surface area contributed by atoms with E-state index in [9.17, 15) is 14.5 Å². The Morgan fingerprint density at radius 2 is 1.17 bits per heavy atom. The zero-order valence-electron chi connectivity index (χ0n) is 27.3. The van der Waals surface area contributed by atoms with Crippen LogP contribution in [0.3, 0.4) is 0 Å². The highest BCUT2D eigenvalue weighted by molar-refractivity contribution is 7.40. The van der Waals surface area contributed by atoms with Gasteiger partial charge in [0.05, 0.1) is 13.2 Å². The molecule has 0 radical (unpaired) electrons. The predicted octanol–water partition coefficient (Wildman–Crippen LogP) is 8.93. The molecule has 250 valence electrons. The zero-order valence-corrected chi connectivity index (χ0v) is 28.2. The standard InChI is InChI=1S/C33H66NO7P/c1-3-5-7-9-11-13-15-17-19-21-23-25-33(36)39-30-32(41-42(37)40-28-26-34-31-35)29-38-27-24-22-20-18-16-14-12-10-8-6-4-2/h31-32,37H,3-30H2,1-2H3,(H,34,35). The van der Waals surface area contributed by atoms with Gasteiger partial charge in [-0.2, -0.15) is 0 Å². The van der Waals surface area contributed by atoms with Crippen molar-refractivity contribution >= 4 is 21.0 Å². The molecule has 0 heterocycles. The first kappa shape index (κ1) is 41.2. The van der Waals surface area contributed by atoms with E-state index in [-0.39, 0.29) is 32.3 Å². The van der Waals surface area contributed by atoms with Gasteiger partial charge in [-0.15, -0.1) is 0 Å². The second kappa shape index (κ2) is 34.7. The minimum atomic E-state index is -2.16. The number of carbonyl (C=O) groups is 2. The molecule has 0 fully saturated rings. The Balaban J connectivity index is 4.04. The Kier molecular flexibility index (Phi) is 34.0. The molecule has 2 unspecified atom stereocenters. The molecule has 0 aliphatic carbocycles. The molecule has 0 aliphatic rings. The van der Waals surface area contributed by atoms with Crippen LogP contribution in [0.2, 0.25) is 0 Å². The van der Waals surface area contributed by atoms with Crippen molar-refractivity contribution in [3.8, 4) is 0 Å². The minimum Gasteiger partial charge on any atom is -0.463 e. The van der Waals surface area contributed by atoms with E-state index in [1.54, 1.807) is 0 Å². The van der Waals surface area contributed by atoms with Gasteiger partial charge in [-0.25, -0.2) is 0 Å². The number of carbonyl (C=O) groups excluding carboxylic acids is 2. The molecule has 2 N–H and O–H groups in total. The van der Waals surface area contributed by atoms with Crippen LogP contribution >= 0.6 is 8.60 Å². The summed E-state index contributed by atoms with van der Waals surface area (Å²) in [4.78, 5) is 32.7. The number of hydrogen-bond acceptors (Lipinski definition) is 7. The second-order valence-electron chi connectivity index (χ2n) is 11.4. The molecule has 0 bridgehead atoms. The number of unbranched alkanes of at least 4 members (excludes halogenated alkanes) is 20. The Hall–Kier alpha value is -0.790. The summed E-state index contributed by atoms with van der Waals surface area (Å²) in [6, 6.07) is 0. The number of esters is 1. The van der Waals surface area contributed by atoms with Crippen molar-refractivity contribution in [3.05, 3.63) is 0 Å². The summed E-state index contributed by atoms with van der Waals surface area (Å²) in [6.45, 7) is 5.76. The van der Waals surface area contributed by atoms with Crippen LogP contribution in [0, 0.1) is 0 Å². The smallest absolute Gasteiger partial charge is 0.330 e. The zero-order chi connectivity index (χ0) is 30.8. The van der Waals surface area contributed by atoms with Crippen LogP contribution in [0.4, 0.5) is 0 Å². The van der Waals surface area contributed by atoms with E-state index < -0.39 is 14.7 Å². The van der Waals surface area contributed by atoms with Crippen LogP contribution in [-0.2, 0) is 28.1 Å². The maximum absolute atomic E-state index is 12.3. The summed E-state index contributed by atoms with van der Waals surface area (Å²) in [7, 11) is -2.16. The number of ether oxygens (including phenoxy) is 2. The molecule has 0 saturated carbocycles. The first-order chi connectivity index (χ1) is 20.6. The molecule has 9 heteroatoms. The predicted molar refractivity (Wildman–Crippen MR) is 173 cm³/mol. The van der Waals surface area contributed by atoms with Gasteiger partial charge in [-0.3, -0.25) is 9.59 Å². The van der Waals surface area contributed by atoms with Crippen LogP contribution in [0.25, 0.3) is 0 Å². The third-order valence-electron chi connectivity index (χ3n) is 7.38. The molecule has 1 amide bonds. The fourth-order valence-electron chi connectivity index (χ4n) is 4.78. The fraction of sp³-hybridized carbons (Fsp3) is 0.939. The maximum atomic E-state index is 12.3. The van der Waals surface area contributed by atoms with Crippen molar-refractivity contribution < 1.29 is 33.0 Å². The second-order valence-corrected chi connectivity index (χ2v) is 12.4. The van der Waals surface area contributed by atoms with Crippen LogP contribution in [0.15, 0.2) is 0 Å². The van der Waals surface area contributed by atoms with E-state index in [0.29, 0.717) is 19.4 Å². The van der Waals surface area contributed by atoms with Gasteiger partial charge in [0.1, 0.15) is 12.7 Å². The Morgan fingerprint density at radius 1 is 0.690 bits per heavy atom. The SMILES string of the molecule is CCCCCCCCCCCCCOCC(COC(=O)CCCCCCCCCCCCC)OP(O)OCCNC=O. The molecular weight excluding hydrogens is 553 g/mol. The lowest BCUT2D eigenvalue weighted by Gasteiger charge is -2.20. The molecule has 2 atom stereocenters. The quantitative estimate of drug-likeness (QED) is 0.0316. The molecular formula is C33H66NO7P. The fourth-order valence-corrected chi connectivity index (χ4v) is 5.47. The summed E-state index contributed by atoms with van der Waals surface area (Å²) in [6.07, 6.45) is 28.0. The Morgan fingerprint density at radius 3 is 1.67 bits per heavy atom. The average Bonchev–Trinajstić information content (AvgIpc) is 2.99. The highest BCUT2D eigenvalue weighted by Crippen LogP contribution is 2.34. The lowest BCUT2D eigenvalue weighted by Crippen LogP contribution is -2.26. The van der Waals surface area contributed by atoms with Gasteiger partial charge in [-0.05, 0) is 12.8 Å². The van der Waals surface area contributed by atoms with E-state index in [4.69, 9.17) is 18.5 Å². The van der Waals surface area contributed by atoms with Crippen LogP contribution in [0.1, 0.15) is 162 Å². The van der Waals surface area contributed by atoms with Gasteiger partial charge in [0.2, 0.25) is 6.41 Å². The average molecular weight is 620 g/mol. The van der Waals surface area contributed by atoms with Crippen LogP contribution in [-0.4, -0.2) is 56.3 Å². The number of nitrogens with one attached hydrogen (secondary N) is 1. The van der Waals surface area contributed by atoms with Crippen LogP contribution in [0.5, 0.6) is 0 Å². The Labute approximate surface area is 259 Å². The molecule has 0 spiro atoms. The van der Waals surface area contributed by atoms with E-state index in [2.05, 4.69) is 19.2 Å². The summed E-state index contributed by atoms with van der Waals surface area (Å²) < 4.78 is 22.0. The van der Waals surface area contributed by atoms with Gasteiger partial charge in [0, 0.05) is 19.6 Å². The Bertz CT molecular complexity index is 571. The van der Waals surface area contributed by atoms with Gasteiger partial charge < -0.3 is 28.7 Å². The third-order valence-corrected chi connectivity index (χ3v) is 8.26. The summed E-state index contributed by atoms with van der Waals surface area (Å²) in [5.41, 5.74) is 0. The van der Waals surface area contributed by atoms with Crippen molar-refractivity contribution in [1.82, 2.24) is 5.32 Å². The molecule has 8 nitrogen and oxygen atoms in total. The molecule has 0 aliphatic heterocycles. The number of rotatable bonds is 35. The topological polar surface area (TPSA) is 103 Å². The lowest BCUT2D eigenvalue weighted by molar-refractivity contribution is -0.147. The first-order valence-corrected chi connectivity index (χ1v) is 18.5. The third kappa shape index (κ3) is 32.1. The van der Waals surface area contributed by atoms with Gasteiger partial charge in [0.15, 0.2) is 0 Å². The largest absolute Gasteiger partial charge is 0.463 e. The van der Waals surface area contributed by atoms with Crippen molar-refractivity contribution in [2.45, 2.75) is 168 Å². The molecule has 0 aromatic heterocycles. The summed E-state index contributed by atoms with van der Waals surface area (Å²) >= 11 is 0. The first-order valence-electron chi connectivity index (χ1n) is 17.3. The van der Waals surface area contributed by atoms with E-state index in [1.165, 1.54) is 109 Å². The maximum Gasteiger partial charge on any atom is 0.330 e. The monoisotopic (exact) mass is 619 g/mol. The van der Waals surface area contributed by atoms with Crippen molar-refractivity contribution in [2.24, 2.45) is 0 Å². The van der Waals surface area contributed by atoms with Crippen molar-refractivity contribution in [3.63, 3.8) is 0 Å². The molecule has 0 rings (SSSR count). The summed E-state index contributed by atoms with van der Waals surface area (Å²) in [5.74, 6) is -0.247. The lowest BCUT2D eigenvalue weighted by atomic mass is 10.1. The minimum absolute atomic E-state index is 0.0183. The number of amides is 1. The molecule has 0 aromatic carbocycles. The van der Waals surface area contributed by atoms with E-state index in [0.717, 1.165) is 32.1 Å². The van der Waals surface area contributed by atoms with Gasteiger partial charge >= 0.3 is 14.6 Å². The van der Waals surface area contributed by atoms with E-state index in [1.807, 2.05) is 0 Å². The highest BCUT2D eigenvalue weighted by atomic mass is 31.2. The highest BCUT2D eigenvalue weighted by Gasteiger charge is 2.19. The normalized spacial score (nSPS) is 12.7. The van der Waals surface area contributed by atoms with Gasteiger partial charge in [-0.1, -0.05) is 142 Å². The van der Waals surface area contributed by atoms with Crippen LogP contribution < -0.4 is 5.32 Å². The molecule has 42 heavy (non-hydrogen) atoms. The van der Waals surface area contributed by atoms with Gasteiger partial charge in [0.25, 0.3) is 0 Å². The summed E-state index contributed by atoms with van der Waals surface area (Å²) in [5, 5.41) is 2.47. The molecule has 0 saturated heterocycles. The van der Waals surface area contributed by atoms with E-state index >= 15 is 0 Å². The number of hydrogen-bond donors (Lipinski definition) is 2. The molecule has 0 aromatic rings. The van der Waals surface area contributed by atoms with Crippen molar-refractivity contribution in [2.75, 3.05) is 33.0 Å². The van der Waals surface area contributed by atoms with Crippen molar-refractivity contribution in [1.29, 1.82) is 0 Å².